The van der Waals surface area contributed by atoms with E-state index in [4.69, 9.17) is 0 Å². The molecule has 98 valence electrons. The van der Waals surface area contributed by atoms with Gasteiger partial charge in [0.15, 0.2) is 0 Å². The van der Waals surface area contributed by atoms with Crippen LogP contribution >= 0.6 is 0 Å². The van der Waals surface area contributed by atoms with E-state index >= 15 is 0 Å². The maximum atomic E-state index is 11.8. The molecule has 1 amide bonds. The molecule has 0 radical (unpaired) electrons. The summed E-state index contributed by atoms with van der Waals surface area (Å²) in [4.78, 5) is 14.1. The molecule has 0 aromatic carbocycles. The molecule has 2 N–H and O–H groups in total. The van der Waals surface area contributed by atoms with Crippen LogP contribution in [-0.2, 0) is 4.79 Å². The zero-order valence-electron chi connectivity index (χ0n) is 11.1. The minimum atomic E-state index is -0.333. The molecular formula is C13H25N3O. The smallest absolute Gasteiger partial charge is 0.239 e. The molecule has 2 rings (SSSR count). The van der Waals surface area contributed by atoms with E-state index in [1.54, 1.807) is 0 Å². The Morgan fingerprint density at radius 2 is 2.24 bits per heavy atom. The monoisotopic (exact) mass is 239 g/mol. The lowest BCUT2D eigenvalue weighted by atomic mass is 9.93. The van der Waals surface area contributed by atoms with E-state index in [0.717, 1.165) is 32.1 Å². The lowest BCUT2D eigenvalue weighted by Gasteiger charge is -2.42. The highest BCUT2D eigenvalue weighted by Crippen LogP contribution is 2.21. The molecule has 1 unspecified atom stereocenters. The Hall–Kier alpha value is -0.610. The molecule has 2 fully saturated rings. The number of rotatable bonds is 3. The van der Waals surface area contributed by atoms with Crippen molar-refractivity contribution in [2.45, 2.75) is 38.6 Å². The summed E-state index contributed by atoms with van der Waals surface area (Å²) in [7, 11) is 0. The molecule has 4 heteroatoms. The number of hydrogen-bond donors (Lipinski definition) is 2. The summed E-state index contributed by atoms with van der Waals surface area (Å²) in [6.45, 7) is 9.21. The largest absolute Gasteiger partial charge is 0.353 e. The first-order valence-electron chi connectivity index (χ1n) is 6.85. The zero-order valence-corrected chi connectivity index (χ0v) is 11.1. The van der Waals surface area contributed by atoms with E-state index in [9.17, 15) is 4.79 Å². The van der Waals surface area contributed by atoms with Gasteiger partial charge in [0.05, 0.1) is 5.54 Å². The van der Waals surface area contributed by atoms with Gasteiger partial charge in [0, 0.05) is 13.1 Å². The van der Waals surface area contributed by atoms with Crippen LogP contribution in [0.5, 0.6) is 0 Å². The number of piperazine rings is 1. The summed E-state index contributed by atoms with van der Waals surface area (Å²) in [6.07, 6.45) is 3.85. The van der Waals surface area contributed by atoms with Crippen LogP contribution in [0.15, 0.2) is 0 Å². The van der Waals surface area contributed by atoms with Crippen molar-refractivity contribution >= 4 is 5.91 Å². The van der Waals surface area contributed by atoms with E-state index in [1.165, 1.54) is 25.8 Å². The minimum absolute atomic E-state index is 0.172. The molecule has 2 heterocycles. The molecule has 0 aliphatic carbocycles. The van der Waals surface area contributed by atoms with Crippen molar-refractivity contribution in [2.24, 2.45) is 5.92 Å². The van der Waals surface area contributed by atoms with Crippen molar-refractivity contribution in [3.8, 4) is 0 Å². The molecule has 0 spiro atoms. The fraction of sp³-hybridized carbons (Fsp3) is 0.923. The minimum Gasteiger partial charge on any atom is -0.353 e. The van der Waals surface area contributed by atoms with Gasteiger partial charge in [-0.15, -0.1) is 0 Å². The first-order valence-corrected chi connectivity index (χ1v) is 6.85. The second-order valence-electron chi connectivity index (χ2n) is 5.80. The number of carbonyl (C=O) groups is 1. The van der Waals surface area contributed by atoms with Crippen LogP contribution in [0, 0.1) is 5.92 Å². The Morgan fingerprint density at radius 3 is 2.94 bits per heavy atom. The second kappa shape index (κ2) is 5.36. The molecular weight excluding hydrogens is 214 g/mol. The van der Waals surface area contributed by atoms with Gasteiger partial charge in [0.2, 0.25) is 5.91 Å². The Labute approximate surface area is 104 Å². The molecule has 1 atom stereocenters. The first kappa shape index (κ1) is 12.8. The zero-order chi connectivity index (χ0) is 12.3. The van der Waals surface area contributed by atoms with E-state index in [-0.39, 0.29) is 11.4 Å². The average Bonchev–Trinajstić information content (AvgIpc) is 2.32. The van der Waals surface area contributed by atoms with E-state index in [1.807, 2.05) is 13.8 Å². The molecule has 0 saturated carbocycles. The van der Waals surface area contributed by atoms with Gasteiger partial charge >= 0.3 is 0 Å². The van der Waals surface area contributed by atoms with Crippen molar-refractivity contribution in [1.82, 2.24) is 15.5 Å². The van der Waals surface area contributed by atoms with Gasteiger partial charge in [-0.3, -0.25) is 9.69 Å². The van der Waals surface area contributed by atoms with Crippen LogP contribution in [0.25, 0.3) is 0 Å². The van der Waals surface area contributed by atoms with Crippen LogP contribution in [-0.4, -0.2) is 49.1 Å². The molecule has 0 bridgehead atoms. The Bertz CT molecular complexity index is 272. The fourth-order valence-electron chi connectivity index (χ4n) is 2.84. The van der Waals surface area contributed by atoms with Crippen molar-refractivity contribution < 1.29 is 4.79 Å². The van der Waals surface area contributed by atoms with E-state index in [2.05, 4.69) is 15.5 Å². The lowest BCUT2D eigenvalue weighted by molar-refractivity contribution is -0.135. The summed E-state index contributed by atoms with van der Waals surface area (Å²) < 4.78 is 0. The van der Waals surface area contributed by atoms with Gasteiger partial charge in [-0.2, -0.15) is 0 Å². The second-order valence-corrected chi connectivity index (χ2v) is 5.80. The molecule has 0 aromatic rings. The normalized spacial score (nSPS) is 30.0. The van der Waals surface area contributed by atoms with Gasteiger partial charge in [-0.25, -0.2) is 0 Å². The van der Waals surface area contributed by atoms with Crippen LogP contribution in [0.4, 0.5) is 0 Å². The SMILES string of the molecule is CC1(C)C(=O)NCCN1CCC1CCCNC1. The van der Waals surface area contributed by atoms with Crippen LogP contribution in [0.2, 0.25) is 0 Å². The summed E-state index contributed by atoms with van der Waals surface area (Å²) in [5.74, 6) is 0.968. The van der Waals surface area contributed by atoms with Gasteiger partial charge in [-0.1, -0.05) is 0 Å². The molecule has 2 aliphatic heterocycles. The highest BCUT2D eigenvalue weighted by atomic mass is 16.2. The average molecular weight is 239 g/mol. The summed E-state index contributed by atoms with van der Waals surface area (Å²) in [6, 6.07) is 0. The molecule has 2 aliphatic rings. The quantitative estimate of drug-likeness (QED) is 0.757. The number of amides is 1. The predicted molar refractivity (Wildman–Crippen MR) is 68.9 cm³/mol. The Kier molecular flexibility index (Phi) is 4.05. The Balaban J connectivity index is 1.82. The number of carbonyl (C=O) groups excluding carboxylic acids is 1. The van der Waals surface area contributed by atoms with Crippen LogP contribution < -0.4 is 10.6 Å². The predicted octanol–water partition coefficient (Wildman–Crippen LogP) is 0.587. The van der Waals surface area contributed by atoms with Crippen molar-refractivity contribution in [2.75, 3.05) is 32.7 Å². The number of hydrogen-bond acceptors (Lipinski definition) is 3. The fourth-order valence-corrected chi connectivity index (χ4v) is 2.84. The highest BCUT2D eigenvalue weighted by molar-refractivity contribution is 5.86. The van der Waals surface area contributed by atoms with E-state index in [0.29, 0.717) is 0 Å². The molecule has 17 heavy (non-hydrogen) atoms. The Morgan fingerprint density at radius 1 is 1.41 bits per heavy atom. The lowest BCUT2D eigenvalue weighted by Crippen LogP contribution is -2.62. The standard InChI is InChI=1S/C13H25N3O/c1-13(2)12(17)15-7-9-16(13)8-5-11-4-3-6-14-10-11/h11,14H,3-10H2,1-2H3,(H,15,17). The maximum absolute atomic E-state index is 11.8. The third-order valence-corrected chi connectivity index (χ3v) is 4.22. The summed E-state index contributed by atoms with van der Waals surface area (Å²) in [5.41, 5.74) is -0.333. The van der Waals surface area contributed by atoms with Crippen molar-refractivity contribution in [3.05, 3.63) is 0 Å². The highest BCUT2D eigenvalue weighted by Gasteiger charge is 2.37. The maximum Gasteiger partial charge on any atom is 0.239 e. The van der Waals surface area contributed by atoms with Gasteiger partial charge in [0.1, 0.15) is 0 Å². The molecule has 0 aromatic heterocycles. The van der Waals surface area contributed by atoms with Crippen molar-refractivity contribution in [1.29, 1.82) is 0 Å². The number of piperidine rings is 1. The number of nitrogens with one attached hydrogen (secondary N) is 2. The molecule has 2 saturated heterocycles. The molecule has 4 nitrogen and oxygen atoms in total. The van der Waals surface area contributed by atoms with Crippen LogP contribution in [0.3, 0.4) is 0 Å². The third kappa shape index (κ3) is 2.99. The first-order chi connectivity index (χ1) is 8.10. The van der Waals surface area contributed by atoms with Crippen LogP contribution in [0.1, 0.15) is 33.1 Å². The summed E-state index contributed by atoms with van der Waals surface area (Å²) >= 11 is 0. The third-order valence-electron chi connectivity index (χ3n) is 4.22. The van der Waals surface area contributed by atoms with Gasteiger partial charge in [0.25, 0.3) is 0 Å². The number of nitrogens with zero attached hydrogens (tertiary/aromatic N) is 1. The van der Waals surface area contributed by atoms with Crippen molar-refractivity contribution in [3.63, 3.8) is 0 Å². The summed E-state index contributed by atoms with van der Waals surface area (Å²) in [5, 5.41) is 6.40. The van der Waals surface area contributed by atoms with Gasteiger partial charge < -0.3 is 10.6 Å². The van der Waals surface area contributed by atoms with E-state index < -0.39 is 0 Å². The van der Waals surface area contributed by atoms with Gasteiger partial charge in [-0.05, 0) is 58.7 Å². The topological polar surface area (TPSA) is 44.4 Å².